The Morgan fingerprint density at radius 1 is 0.485 bits per heavy atom. The first-order valence-corrected chi connectivity index (χ1v) is 25.7. The largest absolute Gasteiger partial charge is 4.00 e. The molecule has 0 radical (unpaired) electrons. The van der Waals surface area contributed by atoms with E-state index >= 15 is 0 Å². The number of nitrogens with zero attached hydrogens (tertiary/aromatic N) is 4. The van der Waals surface area contributed by atoms with Gasteiger partial charge in [-0.05, 0) is 68.6 Å². The second-order valence-corrected chi connectivity index (χ2v) is 24.2. The maximum atomic E-state index is 3.96. The fourth-order valence-corrected chi connectivity index (χ4v) is 11.3. The van der Waals surface area contributed by atoms with Gasteiger partial charge in [-0.3, -0.25) is 4.57 Å². The average molecular weight is 1060 g/mol. The molecule has 8 aromatic carbocycles. The van der Waals surface area contributed by atoms with Gasteiger partial charge in [-0.25, -0.2) is 0 Å². The molecule has 0 amide bonds. The molecule has 1 aliphatic rings. The van der Waals surface area contributed by atoms with Crippen molar-refractivity contribution in [3.05, 3.63) is 218 Å². The van der Waals surface area contributed by atoms with Gasteiger partial charge in [-0.2, -0.15) is 58.9 Å². The summed E-state index contributed by atoms with van der Waals surface area (Å²) in [6.07, 6.45) is 3.82. The molecular formula is C60H55N4PtSi+. The molecular weight excluding hydrogens is 1000 g/mol. The number of hydrogen-bond donors (Lipinski definition) is 0. The molecule has 0 atom stereocenters. The van der Waals surface area contributed by atoms with Crippen LogP contribution >= 0.6 is 0 Å². The van der Waals surface area contributed by atoms with Gasteiger partial charge in [0, 0.05) is 22.6 Å². The van der Waals surface area contributed by atoms with Crippen molar-refractivity contribution in [2.75, 3.05) is 9.80 Å². The van der Waals surface area contributed by atoms with Gasteiger partial charge in [0.1, 0.15) is 0 Å². The molecule has 0 saturated heterocycles. The van der Waals surface area contributed by atoms with Gasteiger partial charge in [-0.1, -0.05) is 176 Å². The van der Waals surface area contributed by atoms with Crippen LogP contribution < -0.4 is 24.7 Å². The first kappa shape index (κ1) is 44.9. The van der Waals surface area contributed by atoms with Crippen LogP contribution in [0.25, 0.3) is 44.7 Å². The molecule has 0 fully saturated rings. The standard InChI is InChI=1S/C60H55N4Si.Pt/c1-59(2,3)45-33-35-51(43-21-11-9-12-22-43)57(37-45)63-41-61(53-29-15-17-31-55(53)63)47-25-19-27-49(39-47)65(7,8)50-28-20-26-48(40-50)62-42-64(56-32-18-16-30-54(56)62)58-38-46(60(4,5)6)34-36-52(58)44-23-13-10-14-24-44;/h9-38,41H,1-8H3;/q-3;+4. The van der Waals surface area contributed by atoms with Crippen LogP contribution in [0, 0.1) is 25.1 Å². The summed E-state index contributed by atoms with van der Waals surface area (Å²) in [5.74, 6) is 0. The molecule has 4 nitrogen and oxygen atoms in total. The van der Waals surface area contributed by atoms with Crippen LogP contribution in [0.1, 0.15) is 52.7 Å². The Kier molecular flexibility index (Phi) is 11.9. The fourth-order valence-electron chi connectivity index (χ4n) is 9.08. The number of hydrogen-bond acceptors (Lipinski definition) is 2. The maximum absolute atomic E-state index is 3.96. The van der Waals surface area contributed by atoms with E-state index < -0.39 is 8.07 Å². The maximum Gasteiger partial charge on any atom is 4.00 e. The van der Waals surface area contributed by atoms with Crippen LogP contribution in [0.2, 0.25) is 13.1 Å². The monoisotopic (exact) mass is 1050 g/mol. The van der Waals surface area contributed by atoms with E-state index in [1.54, 1.807) is 0 Å². The zero-order chi connectivity index (χ0) is 45.1. The second-order valence-electron chi connectivity index (χ2n) is 19.8. The van der Waals surface area contributed by atoms with Crippen LogP contribution in [-0.2, 0) is 31.9 Å². The predicted octanol–water partition coefficient (Wildman–Crippen LogP) is 13.5. The van der Waals surface area contributed by atoms with E-state index in [-0.39, 0.29) is 31.9 Å². The molecule has 328 valence electrons. The Hall–Kier alpha value is -6.26. The molecule has 9 aromatic rings. The zero-order valence-electron chi connectivity index (χ0n) is 39.0. The van der Waals surface area contributed by atoms with Crippen molar-refractivity contribution >= 4 is 52.2 Å². The minimum atomic E-state index is -2.36. The fraction of sp³-hybridized carbons (Fsp3) is 0.167. The van der Waals surface area contributed by atoms with Gasteiger partial charge >= 0.3 is 21.1 Å². The van der Waals surface area contributed by atoms with Gasteiger partial charge in [0.15, 0.2) is 0 Å². The smallest absolute Gasteiger partial charge is 0.493 e. The summed E-state index contributed by atoms with van der Waals surface area (Å²) in [5.41, 5.74) is 15.9. The molecule has 6 heteroatoms. The van der Waals surface area contributed by atoms with Gasteiger partial charge < -0.3 is 14.4 Å². The summed E-state index contributed by atoms with van der Waals surface area (Å²) in [6.45, 7) is 20.8. The summed E-state index contributed by atoms with van der Waals surface area (Å²) in [6, 6.07) is 73.7. The van der Waals surface area contributed by atoms with Crippen molar-refractivity contribution in [1.82, 2.24) is 4.57 Å². The van der Waals surface area contributed by atoms with Crippen molar-refractivity contribution in [1.29, 1.82) is 0 Å². The molecule has 1 aliphatic heterocycles. The van der Waals surface area contributed by atoms with Crippen molar-refractivity contribution in [3.63, 3.8) is 0 Å². The molecule has 10 rings (SSSR count). The van der Waals surface area contributed by atoms with Crippen LogP contribution in [0.3, 0.4) is 0 Å². The third kappa shape index (κ3) is 8.29. The number of rotatable bonds is 8. The van der Waals surface area contributed by atoms with Crippen molar-refractivity contribution < 1.29 is 25.6 Å². The first-order chi connectivity index (χ1) is 31.3. The number of aromatic nitrogens is 2. The number of imidazole rings is 1. The zero-order valence-corrected chi connectivity index (χ0v) is 42.3. The average Bonchev–Trinajstić information content (AvgIpc) is 3.91. The van der Waals surface area contributed by atoms with Crippen LogP contribution in [-0.4, -0.2) is 12.6 Å². The number of fused-ring (bicyclic) bond motifs is 2. The van der Waals surface area contributed by atoms with E-state index in [0.29, 0.717) is 0 Å². The number of benzene rings is 8. The predicted molar refractivity (Wildman–Crippen MR) is 274 cm³/mol. The molecule has 2 heterocycles. The van der Waals surface area contributed by atoms with Gasteiger partial charge in [0.25, 0.3) is 6.33 Å². The van der Waals surface area contributed by atoms with E-state index in [0.717, 1.165) is 45.2 Å². The SMILES string of the molecule is CC(C)(C)c1ccc(-c2ccccc2)c(N2[CH-]N(c3[c-]c([Si](C)(C)c4[c-]c(-n5[c-][n+](-c6cc(C(C)(C)C)ccc6-c6ccccc6)c6ccccc65)ccc4)ccc3)c3ccccc32)c1.[Pt+4]. The quantitative estimate of drug-likeness (QED) is 0.0856. The van der Waals surface area contributed by atoms with Gasteiger partial charge in [-0.15, -0.1) is 12.4 Å². The van der Waals surface area contributed by atoms with E-state index in [4.69, 9.17) is 0 Å². The first-order valence-electron chi connectivity index (χ1n) is 22.7. The minimum absolute atomic E-state index is 0. The van der Waals surface area contributed by atoms with Crippen LogP contribution in [0.4, 0.5) is 22.7 Å². The summed E-state index contributed by atoms with van der Waals surface area (Å²) >= 11 is 0. The summed E-state index contributed by atoms with van der Waals surface area (Å²) < 4.78 is 4.42. The molecule has 0 bridgehead atoms. The van der Waals surface area contributed by atoms with E-state index in [9.17, 15) is 0 Å². The second kappa shape index (κ2) is 17.5. The van der Waals surface area contributed by atoms with Crippen LogP contribution in [0.5, 0.6) is 0 Å². The van der Waals surface area contributed by atoms with Crippen molar-refractivity contribution in [2.24, 2.45) is 0 Å². The molecule has 0 unspecified atom stereocenters. The van der Waals surface area contributed by atoms with E-state index in [2.05, 4.69) is 281 Å². The summed E-state index contributed by atoms with van der Waals surface area (Å²) in [5, 5.41) is 2.43. The number of para-hydroxylation sites is 4. The van der Waals surface area contributed by atoms with Crippen LogP contribution in [0.15, 0.2) is 182 Å². The number of anilines is 4. The molecule has 1 aromatic heterocycles. The third-order valence-electron chi connectivity index (χ3n) is 13.0. The molecule has 0 N–H and O–H groups in total. The Balaban J connectivity index is 0.00000548. The molecule has 66 heavy (non-hydrogen) atoms. The van der Waals surface area contributed by atoms with Gasteiger partial charge in [0.05, 0.1) is 24.8 Å². The Morgan fingerprint density at radius 3 is 1.64 bits per heavy atom. The summed E-state index contributed by atoms with van der Waals surface area (Å²) in [4.78, 5) is 4.67. The topological polar surface area (TPSA) is 15.3 Å². The van der Waals surface area contributed by atoms with Gasteiger partial charge in [0.2, 0.25) is 0 Å². The van der Waals surface area contributed by atoms with E-state index in [1.165, 1.54) is 43.8 Å². The van der Waals surface area contributed by atoms with E-state index in [1.807, 2.05) is 0 Å². The normalized spacial score (nSPS) is 12.9. The molecule has 0 aliphatic carbocycles. The molecule has 0 saturated carbocycles. The Morgan fingerprint density at radius 2 is 1.00 bits per heavy atom. The van der Waals surface area contributed by atoms with Crippen molar-refractivity contribution in [2.45, 2.75) is 65.5 Å². The Bertz CT molecular complexity index is 3190. The third-order valence-corrected chi connectivity index (χ3v) is 16.3. The summed E-state index contributed by atoms with van der Waals surface area (Å²) in [7, 11) is -2.36. The molecule has 0 spiro atoms. The Labute approximate surface area is 407 Å². The minimum Gasteiger partial charge on any atom is -0.493 e. The van der Waals surface area contributed by atoms with Crippen molar-refractivity contribution in [3.8, 4) is 33.6 Å².